The minimum Gasteiger partial charge on any atom is -0.360 e. The van der Waals surface area contributed by atoms with Crippen LogP contribution >= 0.6 is 0 Å². The Balaban J connectivity index is 1.51. The number of H-pyrrole nitrogens is 1. The number of nitrogens with zero attached hydrogens (tertiary/aromatic N) is 1. The molecule has 0 atom stereocenters. The molecule has 0 fully saturated rings. The molecule has 0 saturated heterocycles. The van der Waals surface area contributed by atoms with Crippen LogP contribution in [0.15, 0.2) is 54.7 Å². The molecule has 3 nitrogen and oxygen atoms in total. The molecule has 1 aliphatic rings. The summed E-state index contributed by atoms with van der Waals surface area (Å²) in [7, 11) is 0. The van der Waals surface area contributed by atoms with Gasteiger partial charge < -0.3 is 9.88 Å². The van der Waals surface area contributed by atoms with Crippen LogP contribution in [0.1, 0.15) is 27.9 Å². The Hall–Kier alpha value is -3.09. The number of rotatable bonds is 2. The van der Waals surface area contributed by atoms with Crippen LogP contribution in [0.3, 0.4) is 0 Å². The summed E-state index contributed by atoms with van der Waals surface area (Å²) >= 11 is 0. The number of carbonyl (C=O) groups is 1. The average molecular weight is 388 g/mol. The van der Waals surface area contributed by atoms with Gasteiger partial charge in [0, 0.05) is 41.3 Å². The fourth-order valence-electron chi connectivity index (χ4n) is 3.45. The van der Waals surface area contributed by atoms with E-state index in [1.54, 1.807) is 11.0 Å². The fraction of sp³-hybridized carbons (Fsp3) is 0.190. The predicted molar refractivity (Wildman–Crippen MR) is 98.2 cm³/mol. The van der Waals surface area contributed by atoms with Gasteiger partial charge in [-0.25, -0.2) is 4.39 Å². The highest BCUT2D eigenvalue weighted by molar-refractivity contribution is 5.96. The molecule has 28 heavy (non-hydrogen) atoms. The molecule has 3 aromatic rings. The van der Waals surface area contributed by atoms with Crippen LogP contribution in [0.5, 0.6) is 0 Å². The summed E-state index contributed by atoms with van der Waals surface area (Å²) < 4.78 is 51.3. The van der Waals surface area contributed by atoms with Crippen molar-refractivity contribution in [2.75, 3.05) is 13.1 Å². The molecule has 1 N–H and O–H groups in total. The third-order valence-corrected chi connectivity index (χ3v) is 4.95. The van der Waals surface area contributed by atoms with E-state index < -0.39 is 11.7 Å². The maximum Gasteiger partial charge on any atom is 0.416 e. The summed E-state index contributed by atoms with van der Waals surface area (Å²) in [5, 5.41) is 0.912. The zero-order chi connectivity index (χ0) is 19.9. The van der Waals surface area contributed by atoms with Crippen molar-refractivity contribution in [3.63, 3.8) is 0 Å². The number of nitrogens with one attached hydrogen (secondary N) is 1. The Morgan fingerprint density at radius 2 is 1.82 bits per heavy atom. The highest BCUT2D eigenvalue weighted by Crippen LogP contribution is 2.31. The molecule has 1 aliphatic heterocycles. The number of hydrogen-bond acceptors (Lipinski definition) is 1. The molecule has 0 spiro atoms. The van der Waals surface area contributed by atoms with Crippen LogP contribution in [-0.2, 0) is 6.18 Å². The van der Waals surface area contributed by atoms with Crippen molar-refractivity contribution in [3.8, 4) is 0 Å². The summed E-state index contributed by atoms with van der Waals surface area (Å²) in [6.45, 7) is 0.822. The molecule has 1 aromatic heterocycles. The fourth-order valence-corrected chi connectivity index (χ4v) is 3.45. The van der Waals surface area contributed by atoms with E-state index in [0.717, 1.165) is 28.7 Å². The molecule has 7 heteroatoms. The maximum atomic E-state index is 13.3. The van der Waals surface area contributed by atoms with E-state index in [-0.39, 0.29) is 17.3 Å². The molecule has 0 unspecified atom stereocenters. The van der Waals surface area contributed by atoms with E-state index in [1.807, 2.05) is 12.3 Å². The van der Waals surface area contributed by atoms with Crippen LogP contribution in [0, 0.1) is 5.82 Å². The molecule has 0 saturated carbocycles. The number of alkyl halides is 3. The Morgan fingerprint density at radius 3 is 2.46 bits per heavy atom. The molecule has 1 amide bonds. The number of carbonyl (C=O) groups excluding carboxylic acids is 1. The second kappa shape index (κ2) is 6.82. The smallest absolute Gasteiger partial charge is 0.360 e. The quantitative estimate of drug-likeness (QED) is 0.598. The highest BCUT2D eigenvalue weighted by Gasteiger charge is 2.30. The summed E-state index contributed by atoms with van der Waals surface area (Å²) in [5.74, 6) is -0.614. The monoisotopic (exact) mass is 388 g/mol. The van der Waals surface area contributed by atoms with Gasteiger partial charge in [-0.05, 0) is 54.5 Å². The van der Waals surface area contributed by atoms with E-state index in [9.17, 15) is 22.4 Å². The van der Waals surface area contributed by atoms with E-state index >= 15 is 0 Å². The zero-order valence-electron chi connectivity index (χ0n) is 14.7. The van der Waals surface area contributed by atoms with Gasteiger partial charge in [-0.2, -0.15) is 13.2 Å². The van der Waals surface area contributed by atoms with Gasteiger partial charge in [-0.15, -0.1) is 0 Å². The van der Waals surface area contributed by atoms with Crippen molar-refractivity contribution < 1.29 is 22.4 Å². The SMILES string of the molecule is O=C(c1ccc(C(F)(F)F)cc1)N1CC=C(c2c[nH]c3cc(F)ccc23)CC1. The molecule has 2 heterocycles. The number of aromatic nitrogens is 1. The van der Waals surface area contributed by atoms with E-state index in [0.29, 0.717) is 25.0 Å². The summed E-state index contributed by atoms with van der Waals surface area (Å²) in [6.07, 6.45) is -0.0654. The topological polar surface area (TPSA) is 36.1 Å². The number of aromatic amines is 1. The van der Waals surface area contributed by atoms with Crippen molar-refractivity contribution in [2.24, 2.45) is 0 Å². The Labute approximate surface area is 158 Å². The van der Waals surface area contributed by atoms with Gasteiger partial charge in [0.25, 0.3) is 5.91 Å². The van der Waals surface area contributed by atoms with Crippen LogP contribution < -0.4 is 0 Å². The number of benzene rings is 2. The summed E-state index contributed by atoms with van der Waals surface area (Å²) in [6, 6.07) is 8.81. The largest absolute Gasteiger partial charge is 0.416 e. The van der Waals surface area contributed by atoms with Crippen molar-refractivity contribution >= 4 is 22.4 Å². The lowest BCUT2D eigenvalue weighted by atomic mass is 9.98. The van der Waals surface area contributed by atoms with Crippen LogP contribution in [0.2, 0.25) is 0 Å². The summed E-state index contributed by atoms with van der Waals surface area (Å²) in [5.41, 5.74) is 2.18. The number of hydrogen-bond donors (Lipinski definition) is 1. The van der Waals surface area contributed by atoms with Crippen molar-refractivity contribution in [2.45, 2.75) is 12.6 Å². The molecular weight excluding hydrogens is 372 g/mol. The van der Waals surface area contributed by atoms with E-state index in [2.05, 4.69) is 4.98 Å². The molecule has 0 radical (unpaired) electrons. The van der Waals surface area contributed by atoms with Crippen LogP contribution in [0.25, 0.3) is 16.5 Å². The minimum absolute atomic E-state index is 0.229. The number of halogens is 4. The zero-order valence-corrected chi connectivity index (χ0v) is 14.7. The third kappa shape index (κ3) is 3.40. The lowest BCUT2D eigenvalue weighted by molar-refractivity contribution is -0.137. The van der Waals surface area contributed by atoms with Crippen molar-refractivity contribution in [1.82, 2.24) is 9.88 Å². The molecule has 0 bridgehead atoms. The maximum absolute atomic E-state index is 13.3. The average Bonchev–Trinajstić information content (AvgIpc) is 3.10. The molecule has 4 rings (SSSR count). The van der Waals surface area contributed by atoms with Gasteiger partial charge in [-0.3, -0.25) is 4.79 Å². The van der Waals surface area contributed by atoms with Gasteiger partial charge >= 0.3 is 6.18 Å². The van der Waals surface area contributed by atoms with Gasteiger partial charge in [-0.1, -0.05) is 6.08 Å². The third-order valence-electron chi connectivity index (χ3n) is 4.95. The molecule has 144 valence electrons. The first kappa shape index (κ1) is 18.3. The Morgan fingerprint density at radius 1 is 1.07 bits per heavy atom. The molecule has 2 aromatic carbocycles. The van der Waals surface area contributed by atoms with E-state index in [4.69, 9.17) is 0 Å². The standard InChI is InChI=1S/C21H16F4N2O/c22-16-5-6-17-18(12-26-19(17)11-16)13-7-9-27(10-8-13)20(28)14-1-3-15(4-2-14)21(23,24)25/h1-7,11-12,26H,8-10H2. The highest BCUT2D eigenvalue weighted by atomic mass is 19.4. The van der Waals surface area contributed by atoms with Gasteiger partial charge in [0.1, 0.15) is 5.82 Å². The molecular formula is C21H16F4N2O. The van der Waals surface area contributed by atoms with Gasteiger partial charge in [0.05, 0.1) is 5.56 Å². The first-order valence-electron chi connectivity index (χ1n) is 8.75. The van der Waals surface area contributed by atoms with Crippen molar-refractivity contribution in [1.29, 1.82) is 0 Å². The second-order valence-corrected chi connectivity index (χ2v) is 6.70. The second-order valence-electron chi connectivity index (χ2n) is 6.70. The van der Waals surface area contributed by atoms with Crippen LogP contribution in [0.4, 0.5) is 17.6 Å². The first-order chi connectivity index (χ1) is 13.3. The lowest BCUT2D eigenvalue weighted by Crippen LogP contribution is -2.34. The first-order valence-corrected chi connectivity index (χ1v) is 8.75. The Kier molecular flexibility index (Phi) is 4.45. The number of fused-ring (bicyclic) bond motifs is 1. The van der Waals surface area contributed by atoms with E-state index in [1.165, 1.54) is 24.3 Å². The van der Waals surface area contributed by atoms with Gasteiger partial charge in [0.15, 0.2) is 0 Å². The van der Waals surface area contributed by atoms with Crippen molar-refractivity contribution in [3.05, 3.63) is 77.2 Å². The molecule has 0 aliphatic carbocycles. The van der Waals surface area contributed by atoms with Gasteiger partial charge in [0.2, 0.25) is 0 Å². The Bertz CT molecular complexity index is 1060. The summed E-state index contributed by atoms with van der Waals surface area (Å²) in [4.78, 5) is 17.2. The minimum atomic E-state index is -4.42. The predicted octanol–water partition coefficient (Wildman–Crippen LogP) is 5.26. The normalized spacial score (nSPS) is 15.0. The number of amides is 1. The van der Waals surface area contributed by atoms with Crippen LogP contribution in [-0.4, -0.2) is 28.9 Å². The lowest BCUT2D eigenvalue weighted by Gasteiger charge is -2.26.